The molecule has 1 aromatic rings. The van der Waals surface area contributed by atoms with Gasteiger partial charge >= 0.3 is 0 Å². The van der Waals surface area contributed by atoms with Crippen molar-refractivity contribution in [1.82, 2.24) is 10.2 Å². The molecule has 0 amide bonds. The van der Waals surface area contributed by atoms with Crippen molar-refractivity contribution < 1.29 is 8.95 Å². The lowest BCUT2D eigenvalue weighted by molar-refractivity contribution is 0.281. The van der Waals surface area contributed by atoms with Crippen LogP contribution in [0, 0.1) is 0 Å². The van der Waals surface area contributed by atoms with Crippen molar-refractivity contribution >= 4 is 52.3 Å². The molecule has 0 bridgehead atoms. The van der Waals surface area contributed by atoms with E-state index >= 15 is 0 Å². The van der Waals surface area contributed by atoms with Gasteiger partial charge in [-0.05, 0) is 45.0 Å². The first-order valence-electron chi connectivity index (χ1n) is 7.92. The Kier molecular flexibility index (Phi) is 11.7. The van der Waals surface area contributed by atoms with Crippen molar-refractivity contribution in [2.24, 2.45) is 4.99 Å². The highest BCUT2D eigenvalue weighted by Crippen LogP contribution is 2.15. The van der Waals surface area contributed by atoms with Gasteiger partial charge in [0.25, 0.3) is 0 Å². The zero-order valence-electron chi connectivity index (χ0n) is 15.5. The number of halogens is 2. The summed E-state index contributed by atoms with van der Waals surface area (Å²) in [4.78, 5) is 6.23. The Morgan fingerprint density at radius 3 is 2.44 bits per heavy atom. The number of guanidine groups is 1. The molecule has 0 saturated heterocycles. The van der Waals surface area contributed by atoms with Gasteiger partial charge in [-0.25, -0.2) is 0 Å². The van der Waals surface area contributed by atoms with Crippen LogP contribution in [-0.4, -0.2) is 59.4 Å². The van der Waals surface area contributed by atoms with Crippen LogP contribution in [0.25, 0.3) is 0 Å². The third kappa shape index (κ3) is 9.65. The normalized spacial score (nSPS) is 13.0. The second-order valence-corrected chi connectivity index (χ2v) is 9.12. The molecule has 0 spiro atoms. The number of rotatable bonds is 7. The van der Waals surface area contributed by atoms with Gasteiger partial charge < -0.3 is 15.0 Å². The quantitative estimate of drug-likeness (QED) is 0.353. The first-order valence-corrected chi connectivity index (χ1v) is 9.62. The first-order chi connectivity index (χ1) is 11.2. The first kappa shape index (κ1) is 24.5. The zero-order valence-corrected chi connectivity index (χ0v) is 19.4. The number of hydrogen-bond acceptors (Lipinski definition) is 3. The predicted octanol–water partition coefficient (Wildman–Crippen LogP) is 3.39. The van der Waals surface area contributed by atoms with E-state index in [4.69, 9.17) is 16.3 Å². The second-order valence-electron chi connectivity index (χ2n) is 6.36. The van der Waals surface area contributed by atoms with Crippen molar-refractivity contribution in [3.63, 3.8) is 0 Å². The lowest BCUT2D eigenvalue weighted by atomic mass is 10.3. The van der Waals surface area contributed by atoms with E-state index < -0.39 is 10.8 Å². The van der Waals surface area contributed by atoms with Gasteiger partial charge in [0.2, 0.25) is 0 Å². The minimum atomic E-state index is -0.873. The maximum absolute atomic E-state index is 12.0. The summed E-state index contributed by atoms with van der Waals surface area (Å²) in [5.74, 6) is 2.15. The molecular formula is C17H29ClIN3O2S. The van der Waals surface area contributed by atoms with E-state index in [0.717, 1.165) is 11.7 Å². The van der Waals surface area contributed by atoms with Crippen molar-refractivity contribution in [2.45, 2.75) is 25.5 Å². The summed E-state index contributed by atoms with van der Waals surface area (Å²) in [7, 11) is 2.81. The number of hydrogen-bond donors (Lipinski definition) is 1. The summed E-state index contributed by atoms with van der Waals surface area (Å²) in [5.41, 5.74) is 0. The van der Waals surface area contributed by atoms with E-state index in [1.807, 2.05) is 44.9 Å². The van der Waals surface area contributed by atoms with E-state index in [-0.39, 0.29) is 28.7 Å². The lowest BCUT2D eigenvalue weighted by Crippen LogP contribution is -2.43. The van der Waals surface area contributed by atoms with Crippen LogP contribution < -0.4 is 10.1 Å². The van der Waals surface area contributed by atoms with Crippen LogP contribution in [0.5, 0.6) is 5.75 Å². The molecule has 5 nitrogen and oxygen atoms in total. The number of nitrogens with one attached hydrogen (secondary N) is 1. The van der Waals surface area contributed by atoms with Gasteiger partial charge in [0.15, 0.2) is 5.96 Å². The average Bonchev–Trinajstić information content (AvgIpc) is 2.52. The maximum Gasteiger partial charge on any atom is 0.193 e. The van der Waals surface area contributed by atoms with E-state index in [0.29, 0.717) is 30.5 Å². The zero-order chi connectivity index (χ0) is 18.2. The van der Waals surface area contributed by atoms with Crippen molar-refractivity contribution in [2.75, 3.05) is 39.5 Å². The molecule has 1 aromatic carbocycles. The highest BCUT2D eigenvalue weighted by molar-refractivity contribution is 14.0. The second kappa shape index (κ2) is 12.0. The highest BCUT2D eigenvalue weighted by atomic mass is 127. The van der Waals surface area contributed by atoms with Crippen molar-refractivity contribution in [3.8, 4) is 5.75 Å². The Hall–Kier alpha value is -0.540. The van der Waals surface area contributed by atoms with Crippen molar-refractivity contribution in [3.05, 3.63) is 29.3 Å². The number of likely N-dealkylation sites (N-methyl/N-ethyl adjacent to an activating group) is 1. The van der Waals surface area contributed by atoms with Gasteiger partial charge in [-0.15, -0.1) is 24.0 Å². The third-order valence-corrected chi connectivity index (χ3v) is 5.53. The topological polar surface area (TPSA) is 53.9 Å². The van der Waals surface area contributed by atoms with E-state index in [9.17, 15) is 4.21 Å². The van der Waals surface area contributed by atoms with Crippen molar-refractivity contribution in [1.29, 1.82) is 0 Å². The Balaban J connectivity index is 0.00000576. The van der Waals surface area contributed by atoms with Crippen LogP contribution in [0.2, 0.25) is 5.02 Å². The molecule has 0 aromatic heterocycles. The summed E-state index contributed by atoms with van der Waals surface area (Å²) in [5, 5.41) is 3.93. The number of ether oxygens (including phenoxy) is 1. The monoisotopic (exact) mass is 501 g/mol. The van der Waals surface area contributed by atoms with Crippen LogP contribution in [0.1, 0.15) is 20.8 Å². The molecule has 0 heterocycles. The number of nitrogens with zero attached hydrogens (tertiary/aromatic N) is 2. The fourth-order valence-corrected chi connectivity index (χ4v) is 2.91. The fraction of sp³-hybridized carbons (Fsp3) is 0.588. The SMILES string of the molecule is CN=C(NCCS(=O)C(C)(C)C)N(C)CCOc1ccc(Cl)cc1.I. The number of aliphatic imine (C=N–C) groups is 1. The minimum Gasteiger partial charge on any atom is -0.492 e. The van der Waals surface area contributed by atoms with Crippen LogP contribution in [-0.2, 0) is 10.8 Å². The average molecular weight is 502 g/mol. The summed E-state index contributed by atoms with van der Waals surface area (Å²) in [6.07, 6.45) is 0. The molecule has 0 aliphatic heterocycles. The lowest BCUT2D eigenvalue weighted by Gasteiger charge is -2.23. The Labute approximate surface area is 176 Å². The molecule has 1 atom stereocenters. The maximum atomic E-state index is 12.0. The molecule has 0 aliphatic rings. The fourth-order valence-electron chi connectivity index (χ4n) is 1.88. The molecule has 25 heavy (non-hydrogen) atoms. The number of benzene rings is 1. The summed E-state index contributed by atoms with van der Waals surface area (Å²) in [6, 6.07) is 7.29. The summed E-state index contributed by atoms with van der Waals surface area (Å²) in [6.45, 7) is 7.80. The Bertz CT molecular complexity index is 562. The minimum absolute atomic E-state index is 0. The van der Waals surface area contributed by atoms with Crippen LogP contribution in [0.3, 0.4) is 0 Å². The van der Waals surface area contributed by atoms with Gasteiger partial charge in [0.1, 0.15) is 12.4 Å². The Morgan fingerprint density at radius 1 is 1.32 bits per heavy atom. The summed E-state index contributed by atoms with van der Waals surface area (Å²) >= 11 is 5.85. The van der Waals surface area contributed by atoms with E-state index in [1.54, 1.807) is 19.2 Å². The smallest absolute Gasteiger partial charge is 0.193 e. The van der Waals surface area contributed by atoms with Crippen LogP contribution >= 0.6 is 35.6 Å². The molecule has 144 valence electrons. The molecule has 1 unspecified atom stereocenters. The Morgan fingerprint density at radius 2 is 1.92 bits per heavy atom. The molecule has 0 fully saturated rings. The summed E-state index contributed by atoms with van der Waals surface area (Å²) < 4.78 is 17.5. The van der Waals surface area contributed by atoms with Gasteiger partial charge in [-0.1, -0.05) is 11.6 Å². The van der Waals surface area contributed by atoms with Gasteiger partial charge in [-0.3, -0.25) is 9.20 Å². The molecule has 8 heteroatoms. The standard InChI is InChI=1S/C17H28ClN3O2S.HI/c1-17(2,3)24(22)13-10-20-16(19-4)21(5)11-12-23-15-8-6-14(18)7-9-15;/h6-9H,10-13H2,1-5H3,(H,19,20);1H. The highest BCUT2D eigenvalue weighted by Gasteiger charge is 2.18. The molecule has 0 radical (unpaired) electrons. The predicted molar refractivity (Wildman–Crippen MR) is 119 cm³/mol. The van der Waals surface area contributed by atoms with Gasteiger partial charge in [-0.2, -0.15) is 0 Å². The molecule has 1 N–H and O–H groups in total. The molecular weight excluding hydrogens is 473 g/mol. The van der Waals surface area contributed by atoms with Crippen LogP contribution in [0.15, 0.2) is 29.3 Å². The molecule has 1 rings (SSSR count). The van der Waals surface area contributed by atoms with Crippen LogP contribution in [0.4, 0.5) is 0 Å². The molecule has 0 saturated carbocycles. The third-order valence-electron chi connectivity index (χ3n) is 3.34. The van der Waals surface area contributed by atoms with Gasteiger partial charge in [0, 0.05) is 47.0 Å². The van der Waals surface area contributed by atoms with E-state index in [1.165, 1.54) is 0 Å². The van der Waals surface area contributed by atoms with E-state index in [2.05, 4.69) is 10.3 Å². The van der Waals surface area contributed by atoms with Gasteiger partial charge in [0.05, 0.1) is 6.54 Å². The largest absolute Gasteiger partial charge is 0.492 e. The molecule has 0 aliphatic carbocycles.